The van der Waals surface area contributed by atoms with Crippen molar-refractivity contribution in [3.63, 3.8) is 0 Å². The number of aliphatic hydroxyl groups is 1. The van der Waals surface area contributed by atoms with E-state index in [1.54, 1.807) is 26.4 Å². The van der Waals surface area contributed by atoms with E-state index in [0.717, 1.165) is 73.4 Å². The van der Waals surface area contributed by atoms with E-state index in [1.807, 2.05) is 55.5 Å². The fraction of sp³-hybridized carbons (Fsp3) is 0.507. The molecule has 19 nitrogen and oxygen atoms in total. The molecule has 90 heavy (non-hydrogen) atoms. The van der Waals surface area contributed by atoms with Crippen LogP contribution in [0.15, 0.2) is 82.0 Å². The number of aromatic nitrogens is 6. The number of rotatable bonds is 23. The van der Waals surface area contributed by atoms with Gasteiger partial charge in [0, 0.05) is 24.5 Å². The number of ether oxygens (including phenoxy) is 5. The van der Waals surface area contributed by atoms with E-state index >= 15 is 0 Å². The van der Waals surface area contributed by atoms with Crippen LogP contribution in [-0.2, 0) is 25.7 Å². The van der Waals surface area contributed by atoms with Crippen LogP contribution in [0.2, 0.25) is 0 Å². The summed E-state index contributed by atoms with van der Waals surface area (Å²) in [7, 11) is 5.25. The standard InChI is InChI=1S/C40H54N6O4S.C29H31N5O4S/c1-9-11-13-14-15-16-22-49-29-17-18-30(31(25-29)48-8)37-43-38-34(40(47)50-36-27(4)23-26(3)24-28(36)5)35(41-6)39(46(38)44-37)42-32-19-20-33(51-32)45(7)21-12-10-2;1-15-7-9-21(37-6)20(13-15)26-32-27-23(29(36)38-25-17(3)11-16(2)12-18(25)4)24(30-5)28(34(27)33-26)31-22-10-8-19(14-35)39-22/h17-20,25-28,36H,9-16,21-24H2,1-5,7-8H3;7-10,13,16-18,25,35H,11-12,14H2,1-4,6H3. The molecule has 2 aliphatic heterocycles. The summed E-state index contributed by atoms with van der Waals surface area (Å²) in [5.74, 6) is 4.24. The molecule has 0 saturated heterocycles. The third-order valence-electron chi connectivity index (χ3n) is 17.2. The van der Waals surface area contributed by atoms with E-state index in [-0.39, 0.29) is 88.3 Å². The summed E-state index contributed by atoms with van der Waals surface area (Å²) in [6, 6.07) is 18.8. The molecule has 0 radical (unpaired) electrons. The van der Waals surface area contributed by atoms with Crippen molar-refractivity contribution in [3.05, 3.63) is 117 Å². The van der Waals surface area contributed by atoms with E-state index in [0.29, 0.717) is 68.5 Å². The highest BCUT2D eigenvalue weighted by Gasteiger charge is 2.43. The van der Waals surface area contributed by atoms with Gasteiger partial charge in [0.15, 0.2) is 35.0 Å². The van der Waals surface area contributed by atoms with Crippen molar-refractivity contribution in [3.8, 4) is 40.0 Å². The van der Waals surface area contributed by atoms with Crippen LogP contribution in [0.3, 0.4) is 0 Å². The van der Waals surface area contributed by atoms with E-state index in [2.05, 4.69) is 82.0 Å². The Hall–Kier alpha value is -7.98. The van der Waals surface area contributed by atoms with E-state index < -0.39 is 11.9 Å². The van der Waals surface area contributed by atoms with Crippen LogP contribution < -0.4 is 19.1 Å². The molecule has 476 valence electrons. The van der Waals surface area contributed by atoms with Crippen LogP contribution in [-0.4, -0.2) is 105 Å². The highest BCUT2D eigenvalue weighted by Crippen LogP contribution is 2.43. The van der Waals surface area contributed by atoms with Crippen LogP contribution in [0.25, 0.3) is 43.6 Å². The van der Waals surface area contributed by atoms with Crippen molar-refractivity contribution in [1.82, 2.24) is 29.5 Å². The Bertz CT molecular complexity index is 3740. The molecule has 4 unspecified atom stereocenters. The van der Waals surface area contributed by atoms with Gasteiger partial charge >= 0.3 is 11.9 Å². The summed E-state index contributed by atoms with van der Waals surface area (Å²) < 4.78 is 32.7. The lowest BCUT2D eigenvalue weighted by Crippen LogP contribution is -2.37. The number of benzene rings is 2. The van der Waals surface area contributed by atoms with Gasteiger partial charge in [-0.15, -0.1) is 21.5 Å². The molecule has 4 aromatic heterocycles. The first-order valence-corrected chi connectivity index (χ1v) is 33.3. The monoisotopic (exact) mass is 1260 g/mol. The zero-order valence-corrected chi connectivity index (χ0v) is 55.7. The number of carbonyl (C=O) groups excluding carboxylic acids is 2. The largest absolute Gasteiger partial charge is 0.496 e. The second-order valence-electron chi connectivity index (χ2n) is 24.7. The molecular formula is C69H85N11O8S2. The Morgan fingerprint density at radius 2 is 1.18 bits per heavy atom. The molecule has 2 aromatic carbocycles. The molecule has 0 bridgehead atoms. The fourth-order valence-corrected chi connectivity index (χ4v) is 14.5. The molecule has 2 saturated carbocycles. The number of unbranched alkanes of at least 4 members (excludes halogenated alkanes) is 6. The molecule has 4 aliphatic rings. The van der Waals surface area contributed by atoms with Crippen LogP contribution in [0.4, 0.5) is 15.0 Å². The molecule has 4 atom stereocenters. The minimum Gasteiger partial charge on any atom is -0.496 e. The van der Waals surface area contributed by atoms with Crippen LogP contribution in [0.1, 0.15) is 155 Å². The van der Waals surface area contributed by atoms with Crippen molar-refractivity contribution in [2.45, 2.75) is 158 Å². The Morgan fingerprint density at radius 1 is 0.656 bits per heavy atom. The van der Waals surface area contributed by atoms with Gasteiger partial charge in [0.05, 0.1) is 56.7 Å². The molecule has 2 fully saturated rings. The number of carbonyl (C=O) groups is 2. The number of anilines is 1. The van der Waals surface area contributed by atoms with E-state index in [9.17, 15) is 14.7 Å². The summed E-state index contributed by atoms with van der Waals surface area (Å²) in [6.07, 6.45) is 12.7. The number of hydrogen-bond donors (Lipinski definition) is 1. The molecule has 10 rings (SSSR count). The summed E-state index contributed by atoms with van der Waals surface area (Å²) in [6.45, 7) is 36.9. The maximum absolute atomic E-state index is 14.1. The SMILES string of the molecule is [C-]#[N+]C1=C(C(=O)OC2C(C)CC(C)CC2C)c2nc(-c3cc(C)ccc3OC)nn2C1=Nc1ccc(CO)s1.[C-]#[N+]C1=C(C(=O)OC2C(C)CC(C)CC2C)c2nc(-c3ccc(OCCCCCCCC)cc3OC)nn2C1=Nc1ccc(N(C)CCCC)s1. The first-order valence-electron chi connectivity index (χ1n) is 31.7. The quantitative estimate of drug-likeness (QED) is 0.0361. The highest BCUT2D eigenvalue weighted by molar-refractivity contribution is 7.19. The Morgan fingerprint density at radius 3 is 1.70 bits per heavy atom. The molecule has 2 aliphatic carbocycles. The van der Waals surface area contributed by atoms with E-state index in [4.69, 9.17) is 62.0 Å². The van der Waals surface area contributed by atoms with Crippen LogP contribution >= 0.6 is 22.7 Å². The van der Waals surface area contributed by atoms with Gasteiger partial charge in [0.25, 0.3) is 0 Å². The number of aliphatic hydroxyl groups excluding tert-OH is 1. The average molecular weight is 1260 g/mol. The van der Waals surface area contributed by atoms with Crippen molar-refractivity contribution < 1.29 is 38.4 Å². The zero-order valence-electron chi connectivity index (χ0n) is 54.0. The van der Waals surface area contributed by atoms with Gasteiger partial charge in [-0.2, -0.15) is 0 Å². The van der Waals surface area contributed by atoms with Crippen molar-refractivity contribution in [1.29, 1.82) is 0 Å². The minimum absolute atomic E-state index is 0.0428. The molecule has 0 amide bonds. The number of allylic oxidation sites excluding steroid dienone is 2. The van der Waals surface area contributed by atoms with Crippen LogP contribution in [0.5, 0.6) is 17.2 Å². The number of hydrogen-bond acceptors (Lipinski definition) is 17. The van der Waals surface area contributed by atoms with Crippen molar-refractivity contribution >= 4 is 72.4 Å². The number of fused-ring (bicyclic) bond motifs is 2. The van der Waals surface area contributed by atoms with Gasteiger partial charge in [0.1, 0.15) is 50.6 Å². The topological polar surface area (TPSA) is 199 Å². The summed E-state index contributed by atoms with van der Waals surface area (Å²) in [5, 5.41) is 21.4. The van der Waals surface area contributed by atoms with Crippen molar-refractivity contribution in [2.75, 3.05) is 39.3 Å². The molecule has 0 spiro atoms. The molecule has 6 aromatic rings. The molecule has 1 N–H and O–H groups in total. The zero-order chi connectivity index (χ0) is 64.3. The number of methoxy groups -OCH3 is 2. The minimum atomic E-state index is -0.594. The number of thiophene rings is 2. The second-order valence-corrected chi connectivity index (χ2v) is 26.8. The lowest BCUT2D eigenvalue weighted by atomic mass is 9.75. The van der Waals surface area contributed by atoms with Gasteiger partial charge in [-0.05, 0) is 129 Å². The lowest BCUT2D eigenvalue weighted by Gasteiger charge is -2.37. The maximum atomic E-state index is 14.1. The third-order valence-corrected chi connectivity index (χ3v) is 19.3. The van der Waals surface area contributed by atoms with Crippen LogP contribution in [0, 0.1) is 55.6 Å². The van der Waals surface area contributed by atoms with Gasteiger partial charge < -0.3 is 33.7 Å². The average Bonchev–Trinajstić information content (AvgIpc) is 1.60. The lowest BCUT2D eigenvalue weighted by molar-refractivity contribution is -0.151. The number of aryl methyl sites for hydroxylation is 1. The molecular weight excluding hydrogens is 1170 g/mol. The summed E-state index contributed by atoms with van der Waals surface area (Å²) >= 11 is 2.83. The first kappa shape index (κ1) is 66.4. The highest BCUT2D eigenvalue weighted by atomic mass is 32.1. The fourth-order valence-electron chi connectivity index (χ4n) is 12.9. The van der Waals surface area contributed by atoms with E-state index in [1.165, 1.54) is 57.7 Å². The summed E-state index contributed by atoms with van der Waals surface area (Å²) in [5.41, 5.74) is 2.59. The predicted molar refractivity (Wildman–Crippen MR) is 356 cm³/mol. The van der Waals surface area contributed by atoms with Crippen molar-refractivity contribution in [2.24, 2.45) is 45.5 Å². The predicted octanol–water partition coefficient (Wildman–Crippen LogP) is 15.5. The third kappa shape index (κ3) is 14.9. The second kappa shape index (κ2) is 30.2. The first-order chi connectivity index (χ1) is 43.4. The Labute approximate surface area is 537 Å². The molecule has 21 heteroatoms. The summed E-state index contributed by atoms with van der Waals surface area (Å²) in [4.78, 5) is 57.6. The number of esters is 2. The maximum Gasteiger partial charge on any atom is 0.331 e. The van der Waals surface area contributed by atoms with Gasteiger partial charge in [0.2, 0.25) is 11.4 Å². The Kier molecular flexibility index (Phi) is 22.3. The van der Waals surface area contributed by atoms with Gasteiger partial charge in [-0.3, -0.25) is 0 Å². The molecule has 6 heterocycles. The number of aliphatic imine (C=N–C) groups is 2. The van der Waals surface area contributed by atoms with Gasteiger partial charge in [-0.25, -0.2) is 48.6 Å². The Balaban J connectivity index is 0.000000221. The van der Waals surface area contributed by atoms with Gasteiger partial charge in [-0.1, -0.05) is 117 Å². The smallest absolute Gasteiger partial charge is 0.331 e. The number of nitrogens with zero attached hydrogens (tertiary/aromatic N) is 11. The normalized spacial score (nSPS) is 21.9.